The summed E-state index contributed by atoms with van der Waals surface area (Å²) in [6.07, 6.45) is 4.17. The Kier molecular flexibility index (Phi) is 4.90. The molecule has 2 aliphatic rings. The summed E-state index contributed by atoms with van der Waals surface area (Å²) in [6, 6.07) is 0.605. The van der Waals surface area contributed by atoms with Gasteiger partial charge in [0.25, 0.3) is 0 Å². The molecule has 0 radical (unpaired) electrons. The maximum absolute atomic E-state index is 11.7. The van der Waals surface area contributed by atoms with Gasteiger partial charge in [-0.25, -0.2) is 4.79 Å². The van der Waals surface area contributed by atoms with E-state index in [-0.39, 0.29) is 24.5 Å². The smallest absolute Gasteiger partial charge is 0.407 e. The third-order valence-corrected chi connectivity index (χ3v) is 3.89. The second-order valence-corrected chi connectivity index (χ2v) is 6.49. The molecule has 1 amide bonds. The summed E-state index contributed by atoms with van der Waals surface area (Å²) in [5, 5.41) is 2.98. The quantitative estimate of drug-likeness (QED) is 0.773. The van der Waals surface area contributed by atoms with Crippen LogP contribution < -0.4 is 11.1 Å². The Hall–Kier alpha value is -0.480. The number of amides is 1. The van der Waals surface area contributed by atoms with Crippen molar-refractivity contribution in [3.8, 4) is 0 Å². The number of ether oxygens (including phenoxy) is 1. The molecule has 106 valence electrons. The lowest BCUT2D eigenvalue weighted by Gasteiger charge is -2.33. The first-order valence-corrected chi connectivity index (χ1v) is 6.60. The van der Waals surface area contributed by atoms with Gasteiger partial charge >= 0.3 is 6.09 Å². The number of hydrogen-bond donors (Lipinski definition) is 2. The number of carbonyl (C=O) groups is 1. The molecule has 2 unspecified atom stereocenters. The Morgan fingerprint density at radius 1 is 1.22 bits per heavy atom. The van der Waals surface area contributed by atoms with Gasteiger partial charge in [0, 0.05) is 12.1 Å². The van der Waals surface area contributed by atoms with Gasteiger partial charge in [0.2, 0.25) is 0 Å². The fourth-order valence-corrected chi connectivity index (χ4v) is 3.17. The second kappa shape index (κ2) is 5.66. The lowest BCUT2D eigenvalue weighted by atomic mass is 9.82. The molecular formula is C13H25ClN2O2. The van der Waals surface area contributed by atoms with Gasteiger partial charge in [0.05, 0.1) is 0 Å². The van der Waals surface area contributed by atoms with E-state index in [0.29, 0.717) is 17.9 Å². The Labute approximate surface area is 115 Å². The van der Waals surface area contributed by atoms with Crippen LogP contribution in [0, 0.1) is 11.8 Å². The number of nitrogens with two attached hydrogens (primary N) is 1. The third-order valence-electron chi connectivity index (χ3n) is 3.89. The molecule has 0 heterocycles. The van der Waals surface area contributed by atoms with Crippen molar-refractivity contribution in [2.24, 2.45) is 17.6 Å². The maximum atomic E-state index is 11.7. The van der Waals surface area contributed by atoms with Crippen molar-refractivity contribution < 1.29 is 9.53 Å². The molecule has 0 aromatic rings. The molecule has 0 saturated heterocycles. The highest BCUT2D eigenvalue weighted by molar-refractivity contribution is 5.85. The van der Waals surface area contributed by atoms with Gasteiger partial charge in [0.15, 0.2) is 0 Å². The summed E-state index contributed by atoms with van der Waals surface area (Å²) < 4.78 is 5.28. The van der Waals surface area contributed by atoms with E-state index >= 15 is 0 Å². The maximum Gasteiger partial charge on any atom is 0.407 e. The van der Waals surface area contributed by atoms with Crippen molar-refractivity contribution in [3.05, 3.63) is 0 Å². The number of alkyl carbamates (subject to hydrolysis) is 1. The van der Waals surface area contributed by atoms with E-state index < -0.39 is 5.60 Å². The largest absolute Gasteiger partial charge is 0.444 e. The van der Waals surface area contributed by atoms with Crippen LogP contribution in [0.4, 0.5) is 4.79 Å². The second-order valence-electron chi connectivity index (χ2n) is 6.49. The first-order chi connectivity index (χ1) is 7.85. The van der Waals surface area contributed by atoms with Gasteiger partial charge in [-0.2, -0.15) is 0 Å². The Balaban J connectivity index is 0.00000162. The molecule has 4 nitrogen and oxygen atoms in total. The van der Waals surface area contributed by atoms with Gasteiger partial charge in [0.1, 0.15) is 5.60 Å². The van der Waals surface area contributed by atoms with E-state index in [1.54, 1.807) is 0 Å². The monoisotopic (exact) mass is 276 g/mol. The SMILES string of the molecule is CC(C)(C)OC(=O)NC1C[C@H]2CC[C@@H](C1)C2N.Cl. The molecule has 5 heteroatoms. The number of halogens is 1. The number of rotatable bonds is 1. The molecule has 3 N–H and O–H groups in total. The van der Waals surface area contributed by atoms with E-state index in [2.05, 4.69) is 5.32 Å². The standard InChI is InChI=1S/C13H24N2O2.ClH/c1-13(2,3)17-12(16)15-10-6-8-4-5-9(7-10)11(8)14;/h8-11H,4-7,14H2,1-3H3,(H,15,16);1H/t8-,9+,10?,11?;. The van der Waals surface area contributed by atoms with Crippen molar-refractivity contribution in [1.82, 2.24) is 5.32 Å². The van der Waals surface area contributed by atoms with Crippen LogP contribution >= 0.6 is 12.4 Å². The highest BCUT2D eigenvalue weighted by atomic mass is 35.5. The van der Waals surface area contributed by atoms with Crippen LogP contribution in [0.5, 0.6) is 0 Å². The van der Waals surface area contributed by atoms with Crippen molar-refractivity contribution >= 4 is 18.5 Å². The first-order valence-electron chi connectivity index (χ1n) is 6.60. The molecule has 0 spiro atoms. The van der Waals surface area contributed by atoms with E-state index in [4.69, 9.17) is 10.5 Å². The fourth-order valence-electron chi connectivity index (χ4n) is 3.17. The lowest BCUT2D eigenvalue weighted by molar-refractivity contribution is 0.0478. The summed E-state index contributed by atoms with van der Waals surface area (Å²) in [6.45, 7) is 5.65. The highest BCUT2D eigenvalue weighted by Crippen LogP contribution is 2.41. The number of carbonyl (C=O) groups excluding carboxylic acids is 1. The van der Waals surface area contributed by atoms with Crippen molar-refractivity contribution in [3.63, 3.8) is 0 Å². The normalized spacial score (nSPS) is 34.7. The van der Waals surface area contributed by atoms with Crippen LogP contribution in [0.25, 0.3) is 0 Å². The molecular weight excluding hydrogens is 252 g/mol. The molecule has 0 aromatic heterocycles. The average molecular weight is 277 g/mol. The lowest BCUT2D eigenvalue weighted by Crippen LogP contribution is -2.47. The van der Waals surface area contributed by atoms with Gasteiger partial charge < -0.3 is 15.8 Å². The minimum Gasteiger partial charge on any atom is -0.444 e. The first kappa shape index (κ1) is 15.6. The van der Waals surface area contributed by atoms with Gasteiger partial charge in [-0.05, 0) is 58.3 Å². The van der Waals surface area contributed by atoms with E-state index in [9.17, 15) is 4.79 Å². The molecule has 2 fully saturated rings. The molecule has 2 saturated carbocycles. The zero-order chi connectivity index (χ0) is 12.6. The molecule has 0 aliphatic heterocycles. The van der Waals surface area contributed by atoms with Crippen molar-refractivity contribution in [2.75, 3.05) is 0 Å². The van der Waals surface area contributed by atoms with Gasteiger partial charge in [-0.15, -0.1) is 12.4 Å². The van der Waals surface area contributed by atoms with Crippen LogP contribution in [0.2, 0.25) is 0 Å². The van der Waals surface area contributed by atoms with Crippen LogP contribution in [0.1, 0.15) is 46.5 Å². The van der Waals surface area contributed by atoms with Crippen molar-refractivity contribution in [2.45, 2.75) is 64.1 Å². The molecule has 2 bridgehead atoms. The molecule has 2 aliphatic carbocycles. The van der Waals surface area contributed by atoms with E-state index in [1.165, 1.54) is 12.8 Å². The average Bonchev–Trinajstić information content (AvgIpc) is 2.42. The minimum absolute atomic E-state index is 0. The Morgan fingerprint density at radius 3 is 2.17 bits per heavy atom. The van der Waals surface area contributed by atoms with Crippen LogP contribution in [-0.2, 0) is 4.74 Å². The van der Waals surface area contributed by atoms with Crippen molar-refractivity contribution in [1.29, 1.82) is 0 Å². The number of nitrogens with one attached hydrogen (secondary N) is 1. The van der Waals surface area contributed by atoms with Crippen LogP contribution in [-0.4, -0.2) is 23.8 Å². The topological polar surface area (TPSA) is 64.3 Å². The molecule has 2 rings (SSSR count). The highest BCUT2D eigenvalue weighted by Gasteiger charge is 2.41. The minimum atomic E-state index is -0.422. The third kappa shape index (κ3) is 3.75. The van der Waals surface area contributed by atoms with Gasteiger partial charge in [-0.3, -0.25) is 0 Å². The Morgan fingerprint density at radius 2 is 1.72 bits per heavy atom. The van der Waals surface area contributed by atoms with E-state index in [1.807, 2.05) is 20.8 Å². The number of fused-ring (bicyclic) bond motifs is 2. The van der Waals surface area contributed by atoms with Crippen LogP contribution in [0.15, 0.2) is 0 Å². The zero-order valence-corrected chi connectivity index (χ0v) is 12.3. The predicted octanol–water partition coefficient (Wildman–Crippen LogP) is 2.45. The summed E-state index contributed by atoms with van der Waals surface area (Å²) in [5.74, 6) is 1.18. The van der Waals surface area contributed by atoms with E-state index in [0.717, 1.165) is 12.8 Å². The summed E-state index contributed by atoms with van der Waals surface area (Å²) in [7, 11) is 0. The summed E-state index contributed by atoms with van der Waals surface area (Å²) in [5.41, 5.74) is 5.71. The molecule has 18 heavy (non-hydrogen) atoms. The fraction of sp³-hybridized carbons (Fsp3) is 0.923. The summed E-state index contributed by atoms with van der Waals surface area (Å²) >= 11 is 0. The molecule has 0 aromatic carbocycles. The zero-order valence-electron chi connectivity index (χ0n) is 11.4. The van der Waals surface area contributed by atoms with Gasteiger partial charge in [-0.1, -0.05) is 0 Å². The molecule has 4 atom stereocenters. The summed E-state index contributed by atoms with van der Waals surface area (Å²) in [4.78, 5) is 11.7. The van der Waals surface area contributed by atoms with Crippen LogP contribution in [0.3, 0.4) is 0 Å². The Bertz CT molecular complexity index is 290. The predicted molar refractivity (Wildman–Crippen MR) is 73.8 cm³/mol. The number of hydrogen-bond acceptors (Lipinski definition) is 3.